The van der Waals surface area contributed by atoms with E-state index in [1.165, 1.54) is 11.1 Å². The van der Waals surface area contributed by atoms with E-state index < -0.39 is 17.7 Å². The van der Waals surface area contributed by atoms with Gasteiger partial charge in [-0.25, -0.2) is 0 Å². The third kappa shape index (κ3) is 3.81. The summed E-state index contributed by atoms with van der Waals surface area (Å²) in [6, 6.07) is 12.4. The summed E-state index contributed by atoms with van der Waals surface area (Å²) in [5, 5.41) is 3.14. The highest BCUT2D eigenvalue weighted by Crippen LogP contribution is 2.23. The molecular weight excluding hydrogens is 370 g/mol. The van der Waals surface area contributed by atoms with Crippen molar-refractivity contribution in [2.45, 2.75) is 13.8 Å². The number of aryl methyl sites for hydroxylation is 2. The molecule has 0 bridgehead atoms. The molecule has 5 nitrogen and oxygen atoms in total. The molecule has 0 aromatic heterocycles. The van der Waals surface area contributed by atoms with Crippen LogP contribution < -0.4 is 10.2 Å². The Labute approximate surface area is 161 Å². The van der Waals surface area contributed by atoms with Gasteiger partial charge in [-0.3, -0.25) is 19.5 Å². The summed E-state index contributed by atoms with van der Waals surface area (Å²) in [5.41, 5.74) is 3.34. The molecule has 1 aliphatic heterocycles. The van der Waals surface area contributed by atoms with Crippen molar-refractivity contribution in [3.63, 3.8) is 0 Å². The van der Waals surface area contributed by atoms with Crippen LogP contribution in [0.15, 0.2) is 47.5 Å². The first-order valence-corrected chi connectivity index (χ1v) is 8.70. The standard InChI is InChI=1S/C19H16ClN3O2S/c1-11-7-12(2)9-14(8-11)21-10-16-17(24)22-19(26)23(18(16)25)15-5-3-13(20)4-6-15/h3-10,16H,1-2H3,(H,22,24,26)/t16-/m1/s1. The highest BCUT2D eigenvalue weighted by Gasteiger charge is 2.38. The van der Waals surface area contributed by atoms with Gasteiger partial charge < -0.3 is 5.32 Å². The van der Waals surface area contributed by atoms with E-state index >= 15 is 0 Å². The lowest BCUT2D eigenvalue weighted by Gasteiger charge is -2.30. The number of carbonyl (C=O) groups is 2. The highest BCUT2D eigenvalue weighted by molar-refractivity contribution is 7.80. The zero-order chi connectivity index (χ0) is 18.8. The van der Waals surface area contributed by atoms with Gasteiger partial charge in [0.2, 0.25) is 5.91 Å². The zero-order valence-corrected chi connectivity index (χ0v) is 15.8. The molecular formula is C19H16ClN3O2S. The number of benzene rings is 2. The molecule has 1 saturated heterocycles. The summed E-state index contributed by atoms with van der Waals surface area (Å²) in [5.74, 6) is -1.99. The third-order valence-corrected chi connectivity index (χ3v) is 4.40. The first-order chi connectivity index (χ1) is 12.3. The monoisotopic (exact) mass is 385 g/mol. The number of nitrogens with zero attached hydrogens (tertiary/aromatic N) is 2. The van der Waals surface area contributed by atoms with Crippen molar-refractivity contribution in [1.82, 2.24) is 5.32 Å². The largest absolute Gasteiger partial charge is 0.301 e. The highest BCUT2D eigenvalue weighted by atomic mass is 35.5. The van der Waals surface area contributed by atoms with Crippen LogP contribution in [0.5, 0.6) is 0 Å². The van der Waals surface area contributed by atoms with Crippen molar-refractivity contribution in [2.24, 2.45) is 10.9 Å². The molecule has 0 aliphatic carbocycles. The van der Waals surface area contributed by atoms with Gasteiger partial charge in [0.15, 0.2) is 11.0 Å². The van der Waals surface area contributed by atoms with Crippen LogP contribution in [0.3, 0.4) is 0 Å². The molecule has 1 heterocycles. The molecule has 26 heavy (non-hydrogen) atoms. The number of nitrogens with one attached hydrogen (secondary N) is 1. The molecule has 1 atom stereocenters. The molecule has 1 fully saturated rings. The smallest absolute Gasteiger partial charge is 0.251 e. The number of rotatable bonds is 3. The Bertz CT molecular complexity index is 905. The topological polar surface area (TPSA) is 61.8 Å². The Morgan fingerprint density at radius 2 is 1.73 bits per heavy atom. The Balaban J connectivity index is 1.90. The van der Waals surface area contributed by atoms with Gasteiger partial charge in [0.05, 0.1) is 11.4 Å². The normalized spacial score (nSPS) is 17.7. The van der Waals surface area contributed by atoms with Gasteiger partial charge >= 0.3 is 0 Å². The Morgan fingerprint density at radius 1 is 1.12 bits per heavy atom. The van der Waals surface area contributed by atoms with Crippen molar-refractivity contribution in [2.75, 3.05) is 4.90 Å². The van der Waals surface area contributed by atoms with E-state index in [4.69, 9.17) is 23.8 Å². The van der Waals surface area contributed by atoms with Crippen LogP contribution in [0.2, 0.25) is 5.02 Å². The van der Waals surface area contributed by atoms with Gasteiger partial charge in [0, 0.05) is 11.2 Å². The fourth-order valence-corrected chi connectivity index (χ4v) is 3.16. The average molecular weight is 386 g/mol. The summed E-state index contributed by atoms with van der Waals surface area (Å²) in [6.45, 7) is 3.93. The van der Waals surface area contributed by atoms with E-state index in [0.29, 0.717) is 16.4 Å². The van der Waals surface area contributed by atoms with E-state index in [-0.39, 0.29) is 5.11 Å². The van der Waals surface area contributed by atoms with Crippen LogP contribution in [0.25, 0.3) is 0 Å². The van der Waals surface area contributed by atoms with E-state index in [9.17, 15) is 9.59 Å². The minimum Gasteiger partial charge on any atom is -0.301 e. The maximum atomic E-state index is 12.8. The predicted octanol–water partition coefficient (Wildman–Crippen LogP) is 3.72. The molecule has 0 spiro atoms. The second kappa shape index (κ2) is 7.35. The lowest BCUT2D eigenvalue weighted by Crippen LogP contribution is -2.58. The van der Waals surface area contributed by atoms with Crippen molar-refractivity contribution in [1.29, 1.82) is 0 Å². The summed E-state index contributed by atoms with van der Waals surface area (Å²) >= 11 is 11.0. The van der Waals surface area contributed by atoms with E-state index in [1.54, 1.807) is 24.3 Å². The molecule has 1 aliphatic rings. The van der Waals surface area contributed by atoms with Gasteiger partial charge in [-0.1, -0.05) is 17.7 Å². The Hall–Kier alpha value is -2.57. The summed E-state index contributed by atoms with van der Waals surface area (Å²) in [7, 11) is 0. The van der Waals surface area contributed by atoms with Gasteiger partial charge in [-0.2, -0.15) is 0 Å². The third-order valence-electron chi connectivity index (χ3n) is 3.87. The van der Waals surface area contributed by atoms with Crippen molar-refractivity contribution in [3.8, 4) is 0 Å². The number of amides is 2. The molecule has 3 rings (SSSR count). The second-order valence-electron chi connectivity index (χ2n) is 6.05. The van der Waals surface area contributed by atoms with Crippen LogP contribution in [0.1, 0.15) is 11.1 Å². The quantitative estimate of drug-likeness (QED) is 0.497. The molecule has 2 amide bonds. The van der Waals surface area contributed by atoms with Crippen molar-refractivity contribution in [3.05, 3.63) is 58.6 Å². The average Bonchev–Trinajstić information content (AvgIpc) is 2.55. The van der Waals surface area contributed by atoms with E-state index in [0.717, 1.165) is 11.1 Å². The molecule has 0 saturated carbocycles. The molecule has 0 unspecified atom stereocenters. The maximum Gasteiger partial charge on any atom is 0.251 e. The lowest BCUT2D eigenvalue weighted by atomic mass is 10.1. The molecule has 7 heteroatoms. The molecule has 0 radical (unpaired) electrons. The first-order valence-electron chi connectivity index (χ1n) is 7.92. The van der Waals surface area contributed by atoms with Crippen LogP contribution in [-0.4, -0.2) is 23.1 Å². The Morgan fingerprint density at radius 3 is 2.35 bits per heavy atom. The fraction of sp³-hybridized carbons (Fsp3) is 0.158. The lowest BCUT2D eigenvalue weighted by molar-refractivity contribution is -0.130. The molecule has 2 aromatic rings. The summed E-state index contributed by atoms with van der Waals surface area (Å²) < 4.78 is 0. The zero-order valence-electron chi connectivity index (χ0n) is 14.2. The number of anilines is 1. The van der Waals surface area contributed by atoms with Gasteiger partial charge in [0.1, 0.15) is 0 Å². The van der Waals surface area contributed by atoms with Gasteiger partial charge in [0.25, 0.3) is 5.91 Å². The van der Waals surface area contributed by atoms with E-state index in [2.05, 4.69) is 10.3 Å². The van der Waals surface area contributed by atoms with Gasteiger partial charge in [-0.15, -0.1) is 0 Å². The van der Waals surface area contributed by atoms with Crippen molar-refractivity contribution >= 4 is 58.3 Å². The number of aliphatic imine (C=N–C) groups is 1. The maximum absolute atomic E-state index is 12.8. The number of halogens is 1. The SMILES string of the molecule is Cc1cc(C)cc(N=C[C@@H]2C(=O)NC(=S)N(c3ccc(Cl)cc3)C2=O)c1. The van der Waals surface area contributed by atoms with Gasteiger partial charge in [-0.05, 0) is 73.6 Å². The van der Waals surface area contributed by atoms with Crippen LogP contribution >= 0.6 is 23.8 Å². The van der Waals surface area contributed by atoms with Crippen molar-refractivity contribution < 1.29 is 9.59 Å². The fourth-order valence-electron chi connectivity index (χ4n) is 2.74. The van der Waals surface area contributed by atoms with E-state index in [1.807, 2.05) is 32.0 Å². The number of hydrogen-bond acceptors (Lipinski definition) is 4. The molecule has 132 valence electrons. The minimum absolute atomic E-state index is 0.0402. The minimum atomic E-state index is -1.06. The summed E-state index contributed by atoms with van der Waals surface area (Å²) in [6.07, 6.45) is 1.36. The number of hydrogen-bond donors (Lipinski definition) is 1. The summed E-state index contributed by atoms with van der Waals surface area (Å²) in [4.78, 5) is 30.7. The van der Waals surface area contributed by atoms with Crippen LogP contribution in [0.4, 0.5) is 11.4 Å². The molecule has 1 N–H and O–H groups in total. The molecule has 2 aromatic carbocycles. The van der Waals surface area contributed by atoms with Crippen LogP contribution in [0, 0.1) is 19.8 Å². The number of thiocarbonyl (C=S) groups is 1. The second-order valence-corrected chi connectivity index (χ2v) is 6.87. The number of carbonyl (C=O) groups excluding carboxylic acids is 2. The predicted molar refractivity (Wildman–Crippen MR) is 107 cm³/mol. The first kappa shape index (κ1) is 18.2. The Kier molecular flexibility index (Phi) is 5.15. The van der Waals surface area contributed by atoms with Crippen LogP contribution in [-0.2, 0) is 9.59 Å².